The number of benzene rings is 1. The molecule has 24 heavy (non-hydrogen) atoms. The van der Waals surface area contributed by atoms with Crippen molar-refractivity contribution in [2.24, 2.45) is 5.92 Å². The van der Waals surface area contributed by atoms with Crippen LogP contribution in [-0.4, -0.2) is 32.1 Å². The number of hydrogen-bond donors (Lipinski definition) is 2. The molecule has 1 unspecified atom stereocenters. The van der Waals surface area contributed by atoms with Crippen LogP contribution in [0.5, 0.6) is 5.75 Å². The van der Waals surface area contributed by atoms with E-state index in [0.717, 1.165) is 16.4 Å². The van der Waals surface area contributed by atoms with E-state index in [-0.39, 0.29) is 17.9 Å². The molecule has 0 radical (unpaired) electrons. The number of urea groups is 1. The maximum atomic E-state index is 12.2. The monoisotopic (exact) mass is 345 g/mol. The summed E-state index contributed by atoms with van der Waals surface area (Å²) in [5, 5.41) is 8.30. The molecule has 2 heterocycles. The van der Waals surface area contributed by atoms with Gasteiger partial charge in [0, 0.05) is 31.1 Å². The third kappa shape index (κ3) is 3.86. The van der Waals surface area contributed by atoms with Crippen molar-refractivity contribution >= 4 is 34.0 Å². The molecule has 3 amide bonds. The van der Waals surface area contributed by atoms with Gasteiger partial charge in [0.25, 0.3) is 0 Å². The number of ether oxygens (including phenoxy) is 1. The summed E-state index contributed by atoms with van der Waals surface area (Å²) in [7, 11) is 1.61. The lowest BCUT2D eigenvalue weighted by Gasteiger charge is -2.17. The summed E-state index contributed by atoms with van der Waals surface area (Å²) >= 11 is 1.47. The maximum absolute atomic E-state index is 12.2. The molecule has 1 aromatic heterocycles. The Morgan fingerprint density at radius 1 is 1.33 bits per heavy atom. The molecule has 1 fully saturated rings. The second-order valence-corrected chi connectivity index (χ2v) is 6.53. The van der Waals surface area contributed by atoms with Crippen LogP contribution in [0.4, 0.5) is 15.5 Å². The summed E-state index contributed by atoms with van der Waals surface area (Å²) in [6.07, 6.45) is 0.436. The van der Waals surface area contributed by atoms with Gasteiger partial charge in [-0.25, -0.2) is 4.79 Å². The quantitative estimate of drug-likeness (QED) is 0.875. The molecule has 2 aromatic rings. The minimum Gasteiger partial charge on any atom is -0.497 e. The largest absolute Gasteiger partial charge is 0.497 e. The van der Waals surface area contributed by atoms with Gasteiger partial charge in [-0.05, 0) is 41.8 Å². The highest BCUT2D eigenvalue weighted by molar-refractivity contribution is 7.14. The van der Waals surface area contributed by atoms with Gasteiger partial charge in [-0.1, -0.05) is 0 Å². The lowest BCUT2D eigenvalue weighted by molar-refractivity contribution is -0.117. The number of anilines is 2. The van der Waals surface area contributed by atoms with Crippen molar-refractivity contribution in [3.63, 3.8) is 0 Å². The third-order valence-electron chi connectivity index (χ3n) is 3.90. The second-order valence-electron chi connectivity index (χ2n) is 5.58. The number of carbonyl (C=O) groups is 2. The number of nitrogens with one attached hydrogen (secondary N) is 2. The van der Waals surface area contributed by atoms with Crippen LogP contribution < -0.4 is 20.3 Å². The highest BCUT2D eigenvalue weighted by Gasteiger charge is 2.30. The number of nitrogens with zero attached hydrogens (tertiary/aromatic N) is 1. The maximum Gasteiger partial charge on any atom is 0.319 e. The first kappa shape index (κ1) is 16.3. The molecular weight excluding hydrogens is 326 g/mol. The smallest absolute Gasteiger partial charge is 0.319 e. The first-order valence-electron chi connectivity index (χ1n) is 7.68. The van der Waals surface area contributed by atoms with Gasteiger partial charge in [0.2, 0.25) is 5.91 Å². The molecule has 3 rings (SSSR count). The Labute approximate surface area is 144 Å². The number of amides is 3. The van der Waals surface area contributed by atoms with E-state index in [1.165, 1.54) is 11.3 Å². The Morgan fingerprint density at radius 2 is 2.12 bits per heavy atom. The number of rotatable bonds is 5. The van der Waals surface area contributed by atoms with Gasteiger partial charge in [0.15, 0.2) is 0 Å². The van der Waals surface area contributed by atoms with E-state index in [1.54, 1.807) is 12.0 Å². The van der Waals surface area contributed by atoms with Gasteiger partial charge in [0.1, 0.15) is 5.75 Å². The van der Waals surface area contributed by atoms with E-state index in [4.69, 9.17) is 4.74 Å². The Morgan fingerprint density at radius 3 is 2.79 bits per heavy atom. The van der Waals surface area contributed by atoms with Crippen LogP contribution in [0.2, 0.25) is 0 Å². The Bertz CT molecular complexity index is 700. The molecule has 0 aliphatic carbocycles. The average molecular weight is 345 g/mol. The van der Waals surface area contributed by atoms with E-state index in [9.17, 15) is 9.59 Å². The SMILES string of the molecule is COc1ccc(N2CC(CNC(=O)Nc3cccs3)CC2=O)cc1. The summed E-state index contributed by atoms with van der Waals surface area (Å²) in [6, 6.07) is 10.9. The lowest BCUT2D eigenvalue weighted by Crippen LogP contribution is -2.34. The normalized spacial score (nSPS) is 17.0. The first-order valence-corrected chi connectivity index (χ1v) is 8.56. The number of carbonyl (C=O) groups excluding carboxylic acids is 2. The van der Waals surface area contributed by atoms with Crippen LogP contribution in [0, 0.1) is 5.92 Å². The summed E-state index contributed by atoms with van der Waals surface area (Å²) in [5.74, 6) is 0.938. The summed E-state index contributed by atoms with van der Waals surface area (Å²) in [6.45, 7) is 1.07. The highest BCUT2D eigenvalue weighted by Crippen LogP contribution is 2.26. The molecule has 0 bridgehead atoms. The molecule has 1 aliphatic heterocycles. The average Bonchev–Trinajstić information content (AvgIpc) is 3.22. The lowest BCUT2D eigenvalue weighted by atomic mass is 10.1. The van der Waals surface area contributed by atoms with Gasteiger partial charge in [-0.3, -0.25) is 10.1 Å². The fourth-order valence-electron chi connectivity index (χ4n) is 2.67. The van der Waals surface area contributed by atoms with Gasteiger partial charge in [0.05, 0.1) is 12.1 Å². The molecule has 6 nitrogen and oxygen atoms in total. The zero-order valence-corrected chi connectivity index (χ0v) is 14.1. The summed E-state index contributed by atoms with van der Waals surface area (Å²) in [4.78, 5) is 25.8. The van der Waals surface area contributed by atoms with Crippen LogP contribution >= 0.6 is 11.3 Å². The van der Waals surface area contributed by atoms with E-state index in [2.05, 4.69) is 10.6 Å². The molecule has 0 spiro atoms. The predicted octanol–water partition coefficient (Wildman–Crippen LogP) is 2.93. The predicted molar refractivity (Wildman–Crippen MR) is 94.8 cm³/mol. The molecule has 2 N–H and O–H groups in total. The van der Waals surface area contributed by atoms with E-state index < -0.39 is 0 Å². The molecule has 126 valence electrons. The summed E-state index contributed by atoms with van der Waals surface area (Å²) in [5.41, 5.74) is 0.853. The van der Waals surface area contributed by atoms with Crippen molar-refractivity contribution in [2.45, 2.75) is 6.42 Å². The minimum absolute atomic E-state index is 0.0747. The number of methoxy groups -OCH3 is 1. The van der Waals surface area contributed by atoms with Gasteiger partial charge in [-0.15, -0.1) is 11.3 Å². The second kappa shape index (κ2) is 7.35. The van der Waals surface area contributed by atoms with Gasteiger partial charge < -0.3 is 15.0 Å². The van der Waals surface area contributed by atoms with Gasteiger partial charge >= 0.3 is 6.03 Å². The zero-order valence-electron chi connectivity index (χ0n) is 13.3. The Kier molecular flexibility index (Phi) is 5.00. The standard InChI is InChI=1S/C17H19N3O3S/c1-23-14-6-4-13(5-7-14)20-11-12(9-16(20)21)10-18-17(22)19-15-3-2-8-24-15/h2-8,12H,9-11H2,1H3,(H2,18,19,22). The number of thiophene rings is 1. The summed E-state index contributed by atoms with van der Waals surface area (Å²) < 4.78 is 5.13. The number of hydrogen-bond acceptors (Lipinski definition) is 4. The molecule has 1 saturated heterocycles. The third-order valence-corrected chi connectivity index (χ3v) is 4.68. The highest BCUT2D eigenvalue weighted by atomic mass is 32.1. The molecule has 1 aromatic carbocycles. The van der Waals surface area contributed by atoms with Crippen LogP contribution in [0.15, 0.2) is 41.8 Å². The Hall–Kier alpha value is -2.54. The fraction of sp³-hybridized carbons (Fsp3) is 0.294. The van der Waals surface area contributed by atoms with E-state index in [0.29, 0.717) is 19.5 Å². The van der Waals surface area contributed by atoms with Crippen molar-refractivity contribution in [2.75, 3.05) is 30.4 Å². The zero-order chi connectivity index (χ0) is 16.9. The molecular formula is C17H19N3O3S. The van der Waals surface area contributed by atoms with Crippen molar-refractivity contribution in [1.29, 1.82) is 0 Å². The van der Waals surface area contributed by atoms with Crippen molar-refractivity contribution in [1.82, 2.24) is 5.32 Å². The topological polar surface area (TPSA) is 70.7 Å². The van der Waals surface area contributed by atoms with Crippen molar-refractivity contribution in [3.05, 3.63) is 41.8 Å². The fourth-order valence-corrected chi connectivity index (χ4v) is 3.29. The first-order chi connectivity index (χ1) is 11.7. The molecule has 0 saturated carbocycles. The molecule has 7 heteroatoms. The van der Waals surface area contributed by atoms with Crippen molar-refractivity contribution in [3.8, 4) is 5.75 Å². The van der Waals surface area contributed by atoms with Crippen LogP contribution in [0.25, 0.3) is 0 Å². The van der Waals surface area contributed by atoms with Crippen LogP contribution in [0.3, 0.4) is 0 Å². The van der Waals surface area contributed by atoms with Crippen LogP contribution in [-0.2, 0) is 4.79 Å². The van der Waals surface area contributed by atoms with Crippen molar-refractivity contribution < 1.29 is 14.3 Å². The van der Waals surface area contributed by atoms with E-state index >= 15 is 0 Å². The minimum atomic E-state index is -0.243. The molecule has 1 atom stereocenters. The van der Waals surface area contributed by atoms with Gasteiger partial charge in [-0.2, -0.15) is 0 Å². The van der Waals surface area contributed by atoms with E-state index in [1.807, 2.05) is 41.8 Å². The Balaban J connectivity index is 1.51. The molecule has 1 aliphatic rings. The van der Waals surface area contributed by atoms with Crippen LogP contribution in [0.1, 0.15) is 6.42 Å².